The average Bonchev–Trinajstić information content (AvgIpc) is 2.74. The van der Waals surface area contributed by atoms with Gasteiger partial charge in [-0.25, -0.2) is 4.98 Å². The number of methoxy groups -OCH3 is 1. The molecule has 0 bridgehead atoms. The Kier molecular flexibility index (Phi) is 6.49. The fraction of sp³-hybridized carbons (Fsp3) is 0.190. The molecular formula is C21H20N2O4S. The first-order chi connectivity index (χ1) is 13.6. The summed E-state index contributed by atoms with van der Waals surface area (Å²) in [4.78, 5) is 29.2. The van der Waals surface area contributed by atoms with Crippen molar-refractivity contribution in [3.63, 3.8) is 0 Å². The Hall–Kier alpha value is -3.06. The summed E-state index contributed by atoms with van der Waals surface area (Å²) < 4.78 is 12.0. The maximum absolute atomic E-state index is 12.7. The number of Topliss-reactive ketones (excluding diaryl/α,β-unsaturated/α-hetero) is 1. The first-order valence-corrected chi connectivity index (χ1v) is 9.72. The monoisotopic (exact) mass is 396 g/mol. The van der Waals surface area contributed by atoms with Gasteiger partial charge < -0.3 is 9.47 Å². The third kappa shape index (κ3) is 4.61. The number of aromatic nitrogens is 2. The Labute approximate surface area is 167 Å². The normalized spacial score (nSPS) is 10.5. The van der Waals surface area contributed by atoms with Crippen LogP contribution in [0.3, 0.4) is 0 Å². The highest BCUT2D eigenvalue weighted by Crippen LogP contribution is 2.18. The van der Waals surface area contributed by atoms with Crippen molar-refractivity contribution >= 4 is 17.5 Å². The maximum atomic E-state index is 12.7. The molecule has 6 nitrogen and oxygen atoms in total. The molecular weight excluding hydrogens is 376 g/mol. The predicted molar refractivity (Wildman–Crippen MR) is 109 cm³/mol. The summed E-state index contributed by atoms with van der Waals surface area (Å²) in [5.41, 5.74) is 1.01. The Morgan fingerprint density at radius 2 is 1.75 bits per heavy atom. The van der Waals surface area contributed by atoms with E-state index in [-0.39, 0.29) is 22.1 Å². The average molecular weight is 396 g/mol. The minimum atomic E-state index is -0.265. The molecule has 1 heterocycles. The lowest BCUT2D eigenvalue weighted by atomic mass is 10.1. The zero-order valence-corrected chi connectivity index (χ0v) is 16.4. The summed E-state index contributed by atoms with van der Waals surface area (Å²) in [5, 5.41) is 0.276. The van der Waals surface area contributed by atoms with Crippen molar-refractivity contribution in [1.29, 1.82) is 0 Å². The van der Waals surface area contributed by atoms with Crippen molar-refractivity contribution in [2.75, 3.05) is 19.5 Å². The highest BCUT2D eigenvalue weighted by molar-refractivity contribution is 7.99. The van der Waals surface area contributed by atoms with E-state index < -0.39 is 0 Å². The minimum absolute atomic E-state index is 0.0784. The zero-order valence-electron chi connectivity index (χ0n) is 15.6. The first kappa shape index (κ1) is 19.7. The summed E-state index contributed by atoms with van der Waals surface area (Å²) in [6, 6.07) is 14.1. The summed E-state index contributed by atoms with van der Waals surface area (Å²) >= 11 is 1.13. The quantitative estimate of drug-likeness (QED) is 0.428. The van der Waals surface area contributed by atoms with E-state index in [1.807, 2.05) is 31.2 Å². The van der Waals surface area contributed by atoms with Crippen LogP contribution in [-0.2, 0) is 0 Å². The van der Waals surface area contributed by atoms with Crippen LogP contribution in [0.4, 0.5) is 0 Å². The molecule has 0 spiro atoms. The van der Waals surface area contributed by atoms with Gasteiger partial charge in [-0.05, 0) is 55.5 Å². The number of carbonyl (C=O) groups excluding carboxylic acids is 1. The van der Waals surface area contributed by atoms with Gasteiger partial charge in [0.1, 0.15) is 11.5 Å². The fourth-order valence-electron chi connectivity index (χ4n) is 2.56. The molecule has 0 aliphatic rings. The van der Waals surface area contributed by atoms with Crippen molar-refractivity contribution in [3.8, 4) is 17.2 Å². The SMILES string of the molecule is CCOc1ccc(-n2ccnc(SCC(=O)c3ccc(OC)cc3)c2=O)cc1. The maximum Gasteiger partial charge on any atom is 0.287 e. The van der Waals surface area contributed by atoms with E-state index in [0.717, 1.165) is 17.5 Å². The van der Waals surface area contributed by atoms with Crippen molar-refractivity contribution in [2.45, 2.75) is 11.9 Å². The molecule has 0 saturated heterocycles. The predicted octanol–water partition coefficient (Wildman–Crippen LogP) is 3.61. The van der Waals surface area contributed by atoms with Crippen LogP contribution >= 0.6 is 11.8 Å². The van der Waals surface area contributed by atoms with Gasteiger partial charge in [0.2, 0.25) is 0 Å². The van der Waals surface area contributed by atoms with E-state index >= 15 is 0 Å². The van der Waals surface area contributed by atoms with Crippen LogP contribution in [0.5, 0.6) is 11.5 Å². The first-order valence-electron chi connectivity index (χ1n) is 8.73. The lowest BCUT2D eigenvalue weighted by Gasteiger charge is -2.09. The minimum Gasteiger partial charge on any atom is -0.497 e. The second-order valence-corrected chi connectivity index (χ2v) is 6.74. The van der Waals surface area contributed by atoms with Crippen molar-refractivity contribution in [2.24, 2.45) is 0 Å². The molecule has 0 amide bonds. The molecule has 0 atom stereocenters. The van der Waals surface area contributed by atoms with E-state index in [0.29, 0.717) is 23.6 Å². The molecule has 0 aliphatic carbocycles. The number of carbonyl (C=O) groups is 1. The molecule has 0 aliphatic heterocycles. The molecule has 0 fully saturated rings. The molecule has 144 valence electrons. The van der Waals surface area contributed by atoms with Gasteiger partial charge >= 0.3 is 0 Å². The molecule has 0 saturated carbocycles. The Morgan fingerprint density at radius 3 is 2.39 bits per heavy atom. The Bertz CT molecular complexity index is 998. The van der Waals surface area contributed by atoms with Gasteiger partial charge in [0.15, 0.2) is 10.8 Å². The Morgan fingerprint density at radius 1 is 1.07 bits per heavy atom. The van der Waals surface area contributed by atoms with Crippen LogP contribution in [0, 0.1) is 0 Å². The number of rotatable bonds is 8. The van der Waals surface area contributed by atoms with Crippen LogP contribution in [0.25, 0.3) is 5.69 Å². The van der Waals surface area contributed by atoms with Gasteiger partial charge in [0.25, 0.3) is 5.56 Å². The highest BCUT2D eigenvalue weighted by atomic mass is 32.2. The third-order valence-corrected chi connectivity index (χ3v) is 4.95. The second-order valence-electron chi connectivity index (χ2n) is 5.77. The summed E-state index contributed by atoms with van der Waals surface area (Å²) in [6.45, 7) is 2.50. The highest BCUT2D eigenvalue weighted by Gasteiger charge is 2.12. The topological polar surface area (TPSA) is 70.4 Å². The van der Waals surface area contributed by atoms with E-state index in [2.05, 4.69) is 4.98 Å². The summed E-state index contributed by atoms with van der Waals surface area (Å²) in [7, 11) is 1.57. The number of ether oxygens (including phenoxy) is 2. The number of benzene rings is 2. The van der Waals surface area contributed by atoms with Crippen LogP contribution in [-0.4, -0.2) is 34.8 Å². The molecule has 1 aromatic heterocycles. The van der Waals surface area contributed by atoms with Crippen LogP contribution < -0.4 is 15.0 Å². The molecule has 28 heavy (non-hydrogen) atoms. The van der Waals surface area contributed by atoms with Crippen LogP contribution in [0.15, 0.2) is 70.7 Å². The standard InChI is InChI=1S/C21H20N2O4S/c1-3-27-18-10-6-16(7-11-18)23-13-12-22-20(21(23)25)28-14-19(24)15-4-8-17(26-2)9-5-15/h4-13H,3,14H2,1-2H3. The largest absolute Gasteiger partial charge is 0.497 e. The third-order valence-electron chi connectivity index (χ3n) is 3.99. The second kappa shape index (κ2) is 9.23. The van der Waals surface area contributed by atoms with E-state index in [9.17, 15) is 9.59 Å². The molecule has 2 aromatic carbocycles. The molecule has 3 aromatic rings. The van der Waals surface area contributed by atoms with Crippen molar-refractivity contribution in [3.05, 3.63) is 76.8 Å². The number of hydrogen-bond acceptors (Lipinski definition) is 6. The number of hydrogen-bond donors (Lipinski definition) is 0. The van der Waals surface area contributed by atoms with E-state index in [4.69, 9.17) is 9.47 Å². The van der Waals surface area contributed by atoms with E-state index in [1.54, 1.807) is 43.8 Å². The molecule has 0 radical (unpaired) electrons. The van der Waals surface area contributed by atoms with Gasteiger partial charge in [-0.3, -0.25) is 14.2 Å². The van der Waals surface area contributed by atoms with Gasteiger partial charge in [-0.15, -0.1) is 0 Å². The van der Waals surface area contributed by atoms with Gasteiger partial charge in [-0.1, -0.05) is 11.8 Å². The molecule has 0 N–H and O–H groups in total. The Balaban J connectivity index is 1.73. The smallest absolute Gasteiger partial charge is 0.287 e. The number of ketones is 1. The fourth-order valence-corrected chi connectivity index (χ4v) is 3.35. The van der Waals surface area contributed by atoms with Gasteiger partial charge in [0, 0.05) is 23.6 Å². The van der Waals surface area contributed by atoms with Gasteiger partial charge in [-0.2, -0.15) is 0 Å². The van der Waals surface area contributed by atoms with Crippen molar-refractivity contribution in [1.82, 2.24) is 9.55 Å². The molecule has 0 unspecified atom stereocenters. The van der Waals surface area contributed by atoms with Crippen LogP contribution in [0.1, 0.15) is 17.3 Å². The zero-order chi connectivity index (χ0) is 19.9. The summed E-state index contributed by atoms with van der Waals surface area (Å²) in [5.74, 6) is 1.48. The summed E-state index contributed by atoms with van der Waals surface area (Å²) in [6.07, 6.45) is 3.16. The number of thioether (sulfide) groups is 1. The lowest BCUT2D eigenvalue weighted by Crippen LogP contribution is -2.21. The lowest BCUT2D eigenvalue weighted by molar-refractivity contribution is 0.102. The van der Waals surface area contributed by atoms with Crippen molar-refractivity contribution < 1.29 is 14.3 Å². The van der Waals surface area contributed by atoms with Crippen LogP contribution in [0.2, 0.25) is 0 Å². The van der Waals surface area contributed by atoms with E-state index in [1.165, 1.54) is 4.57 Å². The molecule has 7 heteroatoms. The van der Waals surface area contributed by atoms with Gasteiger partial charge in [0.05, 0.1) is 19.5 Å². The molecule has 3 rings (SSSR count). The number of nitrogens with zero attached hydrogens (tertiary/aromatic N) is 2.